The minimum absolute atomic E-state index is 0.00125. The number of amides is 2. The molecule has 1 N–H and O–H groups in total. The van der Waals surface area contributed by atoms with Crippen LogP contribution >= 0.6 is 23.4 Å². The first-order chi connectivity index (χ1) is 13.5. The van der Waals surface area contributed by atoms with Crippen LogP contribution in [0.3, 0.4) is 0 Å². The first kappa shape index (κ1) is 19.2. The van der Waals surface area contributed by atoms with Crippen LogP contribution in [0.2, 0.25) is 5.02 Å². The molecule has 2 aromatic rings. The molecular weight excluding hydrogens is 394 g/mol. The Morgan fingerprint density at radius 1 is 1.11 bits per heavy atom. The highest BCUT2D eigenvalue weighted by Crippen LogP contribution is 2.32. The maximum Gasteiger partial charge on any atom is 0.254 e. The SMILES string of the molecule is Cc1ccc(Cl)cc1N1CCN(C(=O)c2ccc3c(c2)NC(=O)CCS3)CC1. The Hall–Kier alpha value is -2.18. The number of piperazine rings is 1. The molecule has 0 aliphatic carbocycles. The van der Waals surface area contributed by atoms with E-state index in [1.165, 1.54) is 5.56 Å². The van der Waals surface area contributed by atoms with E-state index in [1.54, 1.807) is 17.8 Å². The molecule has 0 atom stereocenters. The Bertz CT molecular complexity index is 926. The predicted octanol–water partition coefficient (Wildman–Crippen LogP) is 4.05. The molecule has 2 amide bonds. The van der Waals surface area contributed by atoms with E-state index < -0.39 is 0 Å². The van der Waals surface area contributed by atoms with E-state index in [-0.39, 0.29) is 11.8 Å². The van der Waals surface area contributed by atoms with Gasteiger partial charge in [-0.15, -0.1) is 11.8 Å². The van der Waals surface area contributed by atoms with Crippen molar-refractivity contribution in [3.05, 3.63) is 52.5 Å². The Morgan fingerprint density at radius 3 is 2.68 bits per heavy atom. The van der Waals surface area contributed by atoms with Gasteiger partial charge in [0.15, 0.2) is 0 Å². The molecule has 2 heterocycles. The Labute approximate surface area is 174 Å². The van der Waals surface area contributed by atoms with E-state index in [1.807, 2.05) is 35.2 Å². The fourth-order valence-electron chi connectivity index (χ4n) is 3.61. The van der Waals surface area contributed by atoms with Crippen LogP contribution in [-0.4, -0.2) is 48.6 Å². The quantitative estimate of drug-likeness (QED) is 0.804. The zero-order valence-corrected chi connectivity index (χ0v) is 17.3. The fraction of sp³-hybridized carbons (Fsp3) is 0.333. The highest BCUT2D eigenvalue weighted by atomic mass is 35.5. The van der Waals surface area contributed by atoms with Gasteiger partial charge in [0.2, 0.25) is 5.91 Å². The van der Waals surface area contributed by atoms with Crippen LogP contribution in [0, 0.1) is 6.92 Å². The van der Waals surface area contributed by atoms with Gasteiger partial charge in [0.1, 0.15) is 0 Å². The zero-order chi connectivity index (χ0) is 19.7. The molecule has 0 radical (unpaired) electrons. The molecule has 0 saturated carbocycles. The van der Waals surface area contributed by atoms with Crippen molar-refractivity contribution in [2.24, 2.45) is 0 Å². The monoisotopic (exact) mass is 415 g/mol. The lowest BCUT2D eigenvalue weighted by atomic mass is 10.1. The smallest absolute Gasteiger partial charge is 0.254 e. The minimum Gasteiger partial charge on any atom is -0.368 e. The topological polar surface area (TPSA) is 52.6 Å². The molecule has 0 bridgehead atoms. The number of hydrogen-bond donors (Lipinski definition) is 1. The lowest BCUT2D eigenvalue weighted by Gasteiger charge is -2.37. The first-order valence-corrected chi connectivity index (χ1v) is 10.7. The third kappa shape index (κ3) is 3.98. The molecule has 0 aromatic heterocycles. The van der Waals surface area contributed by atoms with Gasteiger partial charge in [0, 0.05) is 59.5 Å². The summed E-state index contributed by atoms with van der Waals surface area (Å²) in [5.74, 6) is 0.770. The minimum atomic E-state index is 0.00125. The largest absolute Gasteiger partial charge is 0.368 e. The summed E-state index contributed by atoms with van der Waals surface area (Å²) in [7, 11) is 0. The molecule has 2 aliphatic rings. The van der Waals surface area contributed by atoms with Gasteiger partial charge >= 0.3 is 0 Å². The zero-order valence-electron chi connectivity index (χ0n) is 15.7. The molecule has 0 unspecified atom stereocenters. The summed E-state index contributed by atoms with van der Waals surface area (Å²) in [4.78, 5) is 30.0. The molecule has 1 fully saturated rings. The van der Waals surface area contributed by atoms with E-state index >= 15 is 0 Å². The molecule has 146 valence electrons. The number of carbonyl (C=O) groups is 2. The van der Waals surface area contributed by atoms with Crippen LogP contribution in [0.1, 0.15) is 22.3 Å². The maximum absolute atomic E-state index is 13.0. The van der Waals surface area contributed by atoms with Crippen molar-refractivity contribution in [3.8, 4) is 0 Å². The molecule has 1 saturated heterocycles. The van der Waals surface area contributed by atoms with E-state index in [2.05, 4.69) is 17.1 Å². The van der Waals surface area contributed by atoms with Gasteiger partial charge in [-0.2, -0.15) is 0 Å². The van der Waals surface area contributed by atoms with E-state index in [9.17, 15) is 9.59 Å². The van der Waals surface area contributed by atoms with Crippen molar-refractivity contribution in [3.63, 3.8) is 0 Å². The summed E-state index contributed by atoms with van der Waals surface area (Å²) >= 11 is 7.80. The summed E-state index contributed by atoms with van der Waals surface area (Å²) in [6.07, 6.45) is 0.494. The summed E-state index contributed by atoms with van der Waals surface area (Å²) in [6, 6.07) is 11.5. The lowest BCUT2D eigenvalue weighted by molar-refractivity contribution is -0.115. The molecule has 2 aliphatic heterocycles. The van der Waals surface area contributed by atoms with Crippen LogP contribution in [0.15, 0.2) is 41.3 Å². The standard InChI is InChI=1S/C21H22ClN3O2S/c1-14-2-4-16(22)13-18(14)24-7-9-25(10-8-24)21(27)15-3-5-19-17(12-15)23-20(26)6-11-28-19/h2-5,12-13H,6-11H2,1H3,(H,23,26). The number of carbonyl (C=O) groups excluding carboxylic acids is 2. The van der Waals surface area contributed by atoms with Crippen LogP contribution in [0.5, 0.6) is 0 Å². The summed E-state index contributed by atoms with van der Waals surface area (Å²) < 4.78 is 0. The van der Waals surface area contributed by atoms with E-state index in [0.717, 1.165) is 40.1 Å². The van der Waals surface area contributed by atoms with Crippen LogP contribution in [-0.2, 0) is 4.79 Å². The van der Waals surface area contributed by atoms with Crippen LogP contribution in [0.25, 0.3) is 0 Å². The number of nitrogens with one attached hydrogen (secondary N) is 1. The molecule has 2 aromatic carbocycles. The average Bonchev–Trinajstić information content (AvgIpc) is 2.89. The lowest BCUT2D eigenvalue weighted by Crippen LogP contribution is -2.49. The second-order valence-electron chi connectivity index (χ2n) is 7.07. The van der Waals surface area contributed by atoms with Crippen molar-refractivity contribution >= 4 is 46.6 Å². The van der Waals surface area contributed by atoms with Crippen molar-refractivity contribution in [2.45, 2.75) is 18.2 Å². The van der Waals surface area contributed by atoms with Gasteiger partial charge in [-0.3, -0.25) is 9.59 Å². The molecule has 5 nitrogen and oxygen atoms in total. The third-order valence-corrected chi connectivity index (χ3v) is 6.48. The number of fused-ring (bicyclic) bond motifs is 1. The molecule has 28 heavy (non-hydrogen) atoms. The van der Waals surface area contributed by atoms with E-state index in [0.29, 0.717) is 25.1 Å². The molecule has 4 rings (SSSR count). The average molecular weight is 416 g/mol. The maximum atomic E-state index is 13.0. The Kier molecular flexibility index (Phi) is 5.51. The number of aryl methyl sites for hydroxylation is 1. The van der Waals surface area contributed by atoms with Gasteiger partial charge < -0.3 is 15.1 Å². The first-order valence-electron chi connectivity index (χ1n) is 9.38. The predicted molar refractivity (Wildman–Crippen MR) is 115 cm³/mol. The van der Waals surface area contributed by atoms with Crippen molar-refractivity contribution in [1.82, 2.24) is 4.90 Å². The van der Waals surface area contributed by atoms with Gasteiger partial charge in [-0.05, 0) is 42.8 Å². The molecular formula is C21H22ClN3O2S. The van der Waals surface area contributed by atoms with Crippen molar-refractivity contribution in [1.29, 1.82) is 0 Å². The van der Waals surface area contributed by atoms with Crippen LogP contribution in [0.4, 0.5) is 11.4 Å². The number of rotatable bonds is 2. The molecule has 0 spiro atoms. The van der Waals surface area contributed by atoms with E-state index in [4.69, 9.17) is 11.6 Å². The number of thioether (sulfide) groups is 1. The van der Waals surface area contributed by atoms with Gasteiger partial charge in [-0.1, -0.05) is 17.7 Å². The summed E-state index contributed by atoms with van der Waals surface area (Å²) in [5, 5.41) is 3.64. The fourth-order valence-corrected chi connectivity index (χ4v) is 4.71. The molecule has 7 heteroatoms. The number of anilines is 2. The van der Waals surface area contributed by atoms with Crippen molar-refractivity contribution in [2.75, 3.05) is 42.1 Å². The number of benzene rings is 2. The second-order valence-corrected chi connectivity index (χ2v) is 8.64. The van der Waals surface area contributed by atoms with Crippen LogP contribution < -0.4 is 10.2 Å². The normalized spacial score (nSPS) is 17.0. The third-order valence-electron chi connectivity index (χ3n) is 5.17. The van der Waals surface area contributed by atoms with Gasteiger partial charge in [0.25, 0.3) is 5.91 Å². The number of halogens is 1. The highest BCUT2D eigenvalue weighted by Gasteiger charge is 2.24. The van der Waals surface area contributed by atoms with Gasteiger partial charge in [-0.25, -0.2) is 0 Å². The summed E-state index contributed by atoms with van der Waals surface area (Å²) in [5.41, 5.74) is 3.67. The number of nitrogens with zero attached hydrogens (tertiary/aromatic N) is 2. The highest BCUT2D eigenvalue weighted by molar-refractivity contribution is 7.99. The Morgan fingerprint density at radius 2 is 1.89 bits per heavy atom. The summed E-state index contributed by atoms with van der Waals surface area (Å²) in [6.45, 7) is 4.92. The van der Waals surface area contributed by atoms with Gasteiger partial charge in [0.05, 0.1) is 5.69 Å². The number of hydrogen-bond acceptors (Lipinski definition) is 4. The Balaban J connectivity index is 1.46. The van der Waals surface area contributed by atoms with Crippen molar-refractivity contribution < 1.29 is 9.59 Å². The second kappa shape index (κ2) is 8.05.